The van der Waals surface area contributed by atoms with Gasteiger partial charge < -0.3 is 14.6 Å². The van der Waals surface area contributed by atoms with Gasteiger partial charge in [0.15, 0.2) is 5.13 Å². The number of methoxy groups -OCH3 is 1. The van der Waals surface area contributed by atoms with Crippen LogP contribution in [0.1, 0.15) is 74.0 Å². The van der Waals surface area contributed by atoms with Crippen LogP contribution < -0.4 is 10.1 Å². The van der Waals surface area contributed by atoms with Gasteiger partial charge in [-0.1, -0.05) is 61.5 Å². The van der Waals surface area contributed by atoms with E-state index in [-0.39, 0.29) is 27.3 Å². The fourth-order valence-electron chi connectivity index (χ4n) is 3.94. The Kier molecular flexibility index (Phi) is 11.4. The number of thiazole rings is 1. The predicted molar refractivity (Wildman–Crippen MR) is 158 cm³/mol. The van der Waals surface area contributed by atoms with Gasteiger partial charge in [0.1, 0.15) is 5.75 Å². The molecule has 208 valence electrons. The van der Waals surface area contributed by atoms with Gasteiger partial charge in [0, 0.05) is 39.8 Å². The Hall–Kier alpha value is -2.91. The lowest BCUT2D eigenvalue weighted by molar-refractivity contribution is -0.132. The van der Waals surface area contributed by atoms with Gasteiger partial charge in [0.05, 0.1) is 29.0 Å². The highest BCUT2D eigenvalue weighted by Crippen LogP contribution is 2.38. The molecule has 39 heavy (non-hydrogen) atoms. The number of carbonyl (C=O) groups is 2. The molecule has 1 aromatic heterocycles. The van der Waals surface area contributed by atoms with Crippen molar-refractivity contribution in [1.29, 1.82) is 0 Å². The lowest BCUT2D eigenvalue weighted by Crippen LogP contribution is -2.12. The maximum absolute atomic E-state index is 12.9. The Morgan fingerprint density at radius 2 is 1.90 bits per heavy atom. The second kappa shape index (κ2) is 14.5. The van der Waals surface area contributed by atoms with Crippen LogP contribution in [-0.2, 0) is 9.53 Å². The van der Waals surface area contributed by atoms with Crippen molar-refractivity contribution in [3.8, 4) is 17.0 Å². The Morgan fingerprint density at radius 1 is 1.18 bits per heavy atom. The number of carboxylic acids is 1. The summed E-state index contributed by atoms with van der Waals surface area (Å²) in [6, 6.07) is 8.72. The summed E-state index contributed by atoms with van der Waals surface area (Å²) < 4.78 is 11.8. The van der Waals surface area contributed by atoms with Crippen LogP contribution in [0, 0.1) is 0 Å². The van der Waals surface area contributed by atoms with E-state index in [0.717, 1.165) is 24.0 Å². The van der Waals surface area contributed by atoms with Crippen LogP contribution in [0.2, 0.25) is 10.0 Å². The molecule has 0 aliphatic heterocycles. The van der Waals surface area contributed by atoms with Gasteiger partial charge in [-0.05, 0) is 44.5 Å². The monoisotopic (exact) mass is 590 g/mol. The molecule has 1 atom stereocenters. The second-order valence-electron chi connectivity index (χ2n) is 8.98. The van der Waals surface area contributed by atoms with Gasteiger partial charge in [0.2, 0.25) is 0 Å². The van der Waals surface area contributed by atoms with Gasteiger partial charge >= 0.3 is 5.97 Å². The number of benzene rings is 2. The van der Waals surface area contributed by atoms with Crippen LogP contribution in [0.3, 0.4) is 0 Å². The highest BCUT2D eigenvalue weighted by atomic mass is 35.5. The molecule has 7 nitrogen and oxygen atoms in total. The molecule has 10 heteroatoms. The summed E-state index contributed by atoms with van der Waals surface area (Å²) >= 11 is 13.9. The molecule has 2 N–H and O–H groups in total. The van der Waals surface area contributed by atoms with Crippen LogP contribution in [0.4, 0.5) is 5.13 Å². The lowest BCUT2D eigenvalue weighted by Gasteiger charge is -2.18. The zero-order chi connectivity index (χ0) is 28.5. The molecular formula is C29H32Cl2N2O5S. The van der Waals surface area contributed by atoms with Gasteiger partial charge in [-0.3, -0.25) is 10.1 Å². The van der Waals surface area contributed by atoms with Crippen molar-refractivity contribution in [2.75, 3.05) is 19.0 Å². The van der Waals surface area contributed by atoms with E-state index in [0.29, 0.717) is 28.7 Å². The molecule has 3 rings (SSSR count). The molecule has 3 aromatic rings. The van der Waals surface area contributed by atoms with Gasteiger partial charge in [-0.15, -0.1) is 11.3 Å². The molecule has 0 bridgehead atoms. The Balaban J connectivity index is 1.77. The number of amides is 1. The minimum absolute atomic E-state index is 0.0683. The van der Waals surface area contributed by atoms with E-state index in [1.54, 1.807) is 7.11 Å². The third kappa shape index (κ3) is 8.05. The summed E-state index contributed by atoms with van der Waals surface area (Å²) in [5, 5.41) is 14.4. The SMILES string of the molecule is CCCCCCO[C@@H](C)c1cccc(-c2csc(NC(=O)c3cc(Cl)c(/C=C(/C)C(=O)O)c(Cl)c3)n2)c1OC. The van der Waals surface area contributed by atoms with E-state index in [2.05, 4.69) is 17.2 Å². The maximum atomic E-state index is 12.9. The van der Waals surface area contributed by atoms with E-state index >= 15 is 0 Å². The lowest BCUT2D eigenvalue weighted by atomic mass is 10.0. The fourth-order valence-corrected chi connectivity index (χ4v) is 5.24. The number of para-hydroxylation sites is 1. The number of unbranched alkanes of at least 4 members (excludes halogenated alkanes) is 3. The van der Waals surface area contributed by atoms with E-state index in [4.69, 9.17) is 37.8 Å². The van der Waals surface area contributed by atoms with Crippen molar-refractivity contribution in [3.05, 3.63) is 68.0 Å². The molecule has 0 aliphatic carbocycles. The van der Waals surface area contributed by atoms with Gasteiger partial charge in [-0.2, -0.15) is 0 Å². The number of hydrogen-bond donors (Lipinski definition) is 2. The largest absolute Gasteiger partial charge is 0.496 e. The third-order valence-electron chi connectivity index (χ3n) is 6.09. The minimum Gasteiger partial charge on any atom is -0.496 e. The number of aromatic nitrogens is 1. The number of carbonyl (C=O) groups excluding carboxylic acids is 1. The van der Waals surface area contributed by atoms with E-state index in [1.165, 1.54) is 49.3 Å². The standard InChI is InChI=1S/C29H32Cl2N2O5S/c1-5-6-7-8-12-38-18(3)20-10-9-11-21(26(20)37-4)25-16-39-29(32-25)33-27(34)19-14-23(30)22(24(31)15-19)13-17(2)28(35)36/h9-11,13-16,18H,5-8,12H2,1-4H3,(H,35,36)(H,32,33,34)/b17-13-/t18-/m0/s1. The quantitative estimate of drug-likeness (QED) is 0.153. The molecule has 1 heterocycles. The van der Waals surface area contributed by atoms with Crippen molar-refractivity contribution >= 4 is 57.6 Å². The van der Waals surface area contributed by atoms with Crippen molar-refractivity contribution in [2.45, 2.75) is 52.6 Å². The first-order valence-electron chi connectivity index (χ1n) is 12.6. The topological polar surface area (TPSA) is 97.8 Å². The third-order valence-corrected chi connectivity index (χ3v) is 7.48. The molecule has 0 radical (unpaired) electrons. The number of ether oxygens (including phenoxy) is 2. The van der Waals surface area contributed by atoms with Crippen LogP contribution in [0.15, 0.2) is 41.3 Å². The summed E-state index contributed by atoms with van der Waals surface area (Å²) in [6.45, 7) is 6.31. The molecule has 0 fully saturated rings. The van der Waals surface area contributed by atoms with E-state index in [9.17, 15) is 9.59 Å². The van der Waals surface area contributed by atoms with Crippen LogP contribution in [0.5, 0.6) is 5.75 Å². The zero-order valence-electron chi connectivity index (χ0n) is 22.3. The minimum atomic E-state index is -1.09. The average molecular weight is 592 g/mol. The number of aliphatic carboxylic acids is 1. The normalized spacial score (nSPS) is 12.3. The van der Waals surface area contributed by atoms with Gasteiger partial charge in [0.25, 0.3) is 5.91 Å². The van der Waals surface area contributed by atoms with Crippen molar-refractivity contribution in [3.63, 3.8) is 0 Å². The molecule has 2 aromatic carbocycles. The van der Waals surface area contributed by atoms with Crippen molar-refractivity contribution in [1.82, 2.24) is 4.98 Å². The van der Waals surface area contributed by atoms with E-state index in [1.807, 2.05) is 30.5 Å². The number of rotatable bonds is 13. The number of carboxylic acid groups (broad SMARTS) is 1. The predicted octanol–water partition coefficient (Wildman–Crippen LogP) is 8.52. The Labute approximate surface area is 242 Å². The smallest absolute Gasteiger partial charge is 0.331 e. The highest BCUT2D eigenvalue weighted by molar-refractivity contribution is 7.14. The zero-order valence-corrected chi connectivity index (χ0v) is 24.7. The summed E-state index contributed by atoms with van der Waals surface area (Å²) in [7, 11) is 1.62. The molecule has 0 aliphatic rings. The number of halogens is 2. The first-order chi connectivity index (χ1) is 18.7. The number of nitrogens with zero attached hydrogens (tertiary/aromatic N) is 1. The highest BCUT2D eigenvalue weighted by Gasteiger charge is 2.19. The summed E-state index contributed by atoms with van der Waals surface area (Å²) in [4.78, 5) is 28.7. The Bertz CT molecular complexity index is 1330. The summed E-state index contributed by atoms with van der Waals surface area (Å²) in [5.41, 5.74) is 3.00. The molecule has 1 amide bonds. The summed E-state index contributed by atoms with van der Waals surface area (Å²) in [5.74, 6) is -0.855. The molecule has 0 spiro atoms. The summed E-state index contributed by atoms with van der Waals surface area (Å²) in [6.07, 6.45) is 5.77. The van der Waals surface area contributed by atoms with Crippen LogP contribution in [-0.4, -0.2) is 35.7 Å². The molecule has 0 saturated heterocycles. The second-order valence-corrected chi connectivity index (χ2v) is 10.7. The number of hydrogen-bond acceptors (Lipinski definition) is 6. The van der Waals surface area contributed by atoms with Crippen molar-refractivity contribution < 1.29 is 24.2 Å². The first-order valence-corrected chi connectivity index (χ1v) is 14.3. The average Bonchev–Trinajstić information content (AvgIpc) is 3.37. The Morgan fingerprint density at radius 3 is 2.54 bits per heavy atom. The number of anilines is 1. The molecule has 0 unspecified atom stereocenters. The van der Waals surface area contributed by atoms with E-state index < -0.39 is 11.9 Å². The van der Waals surface area contributed by atoms with Crippen molar-refractivity contribution in [2.24, 2.45) is 0 Å². The number of nitrogens with one attached hydrogen (secondary N) is 1. The fraction of sp³-hybridized carbons (Fsp3) is 0.345. The molecular weight excluding hydrogens is 559 g/mol. The van der Waals surface area contributed by atoms with Gasteiger partial charge in [-0.25, -0.2) is 9.78 Å². The first kappa shape index (κ1) is 30.6. The molecule has 0 saturated carbocycles. The van der Waals surface area contributed by atoms with Crippen LogP contribution >= 0.6 is 34.5 Å². The maximum Gasteiger partial charge on any atom is 0.331 e. The van der Waals surface area contributed by atoms with Crippen LogP contribution in [0.25, 0.3) is 17.3 Å².